The predicted octanol–water partition coefficient (Wildman–Crippen LogP) is 1.47. The fourth-order valence-electron chi connectivity index (χ4n) is 1.96. The van der Waals surface area contributed by atoms with Crippen molar-refractivity contribution >= 4 is 0 Å². The number of rotatable bonds is 3. The van der Waals surface area contributed by atoms with Gasteiger partial charge in [-0.2, -0.15) is 0 Å². The highest BCUT2D eigenvalue weighted by molar-refractivity contribution is 5.32. The van der Waals surface area contributed by atoms with Crippen LogP contribution in [0.15, 0.2) is 24.3 Å². The Kier molecular flexibility index (Phi) is 3.23. The summed E-state index contributed by atoms with van der Waals surface area (Å²) in [6.45, 7) is -0.0288. The van der Waals surface area contributed by atoms with Gasteiger partial charge in [0.2, 0.25) is 0 Å². The molecule has 1 aliphatic rings. The summed E-state index contributed by atoms with van der Waals surface area (Å²) < 4.78 is 5.70. The predicted molar refractivity (Wildman–Crippen MR) is 56.6 cm³/mol. The first kappa shape index (κ1) is 10.5. The SMILES string of the molecule is OCc1ccccc1O[C@@H]1CCC[C@H]1O. The summed E-state index contributed by atoms with van der Waals surface area (Å²) in [6, 6.07) is 7.40. The summed E-state index contributed by atoms with van der Waals surface area (Å²) in [6.07, 6.45) is 2.23. The Balaban J connectivity index is 2.09. The van der Waals surface area contributed by atoms with E-state index in [4.69, 9.17) is 9.84 Å². The molecular weight excluding hydrogens is 192 g/mol. The van der Waals surface area contributed by atoms with Gasteiger partial charge in [-0.25, -0.2) is 0 Å². The van der Waals surface area contributed by atoms with Crippen LogP contribution in [0.5, 0.6) is 5.75 Å². The third-order valence-corrected chi connectivity index (χ3v) is 2.84. The van der Waals surface area contributed by atoms with Crippen LogP contribution in [0.1, 0.15) is 24.8 Å². The van der Waals surface area contributed by atoms with E-state index < -0.39 is 0 Å². The van der Waals surface area contributed by atoms with Crippen LogP contribution in [0, 0.1) is 0 Å². The van der Waals surface area contributed by atoms with Crippen LogP contribution < -0.4 is 4.74 Å². The largest absolute Gasteiger partial charge is 0.487 e. The third kappa shape index (κ3) is 2.30. The summed E-state index contributed by atoms with van der Waals surface area (Å²) in [4.78, 5) is 0. The monoisotopic (exact) mass is 208 g/mol. The highest BCUT2D eigenvalue weighted by Crippen LogP contribution is 2.26. The van der Waals surface area contributed by atoms with E-state index in [-0.39, 0.29) is 18.8 Å². The summed E-state index contributed by atoms with van der Waals surface area (Å²) in [5.41, 5.74) is 0.775. The fraction of sp³-hybridized carbons (Fsp3) is 0.500. The lowest BCUT2D eigenvalue weighted by Crippen LogP contribution is -2.26. The molecule has 0 aromatic heterocycles. The van der Waals surface area contributed by atoms with Gasteiger partial charge in [0, 0.05) is 5.56 Å². The highest BCUT2D eigenvalue weighted by Gasteiger charge is 2.27. The average molecular weight is 208 g/mol. The molecule has 0 bridgehead atoms. The van der Waals surface area contributed by atoms with Crippen molar-refractivity contribution in [3.05, 3.63) is 29.8 Å². The smallest absolute Gasteiger partial charge is 0.125 e. The standard InChI is InChI=1S/C12H16O3/c13-8-9-4-1-2-6-11(9)15-12-7-3-5-10(12)14/h1-2,4,6,10,12-14H,3,5,7-8H2/t10-,12-/m1/s1. The first-order valence-electron chi connectivity index (χ1n) is 5.34. The maximum absolute atomic E-state index is 9.63. The molecule has 3 heteroatoms. The molecule has 0 radical (unpaired) electrons. The Labute approximate surface area is 89.3 Å². The highest BCUT2D eigenvalue weighted by atomic mass is 16.5. The van der Waals surface area contributed by atoms with E-state index in [0.29, 0.717) is 5.75 Å². The molecule has 3 nitrogen and oxygen atoms in total. The molecule has 0 saturated heterocycles. The van der Waals surface area contributed by atoms with Crippen LogP contribution in [0.25, 0.3) is 0 Å². The van der Waals surface area contributed by atoms with E-state index in [1.165, 1.54) is 0 Å². The lowest BCUT2D eigenvalue weighted by molar-refractivity contribution is 0.0589. The molecule has 2 rings (SSSR count). The van der Waals surface area contributed by atoms with Crippen molar-refractivity contribution < 1.29 is 14.9 Å². The van der Waals surface area contributed by atoms with Crippen LogP contribution in [0.2, 0.25) is 0 Å². The minimum absolute atomic E-state index is 0.0288. The number of para-hydroxylation sites is 1. The summed E-state index contributed by atoms with van der Waals surface area (Å²) in [5, 5.41) is 18.7. The van der Waals surface area contributed by atoms with Gasteiger partial charge in [-0.15, -0.1) is 0 Å². The minimum atomic E-state index is -0.364. The molecule has 0 amide bonds. The van der Waals surface area contributed by atoms with E-state index in [0.717, 1.165) is 24.8 Å². The van der Waals surface area contributed by atoms with E-state index in [9.17, 15) is 5.11 Å². The second-order valence-electron chi connectivity index (χ2n) is 3.92. The topological polar surface area (TPSA) is 49.7 Å². The molecule has 2 N–H and O–H groups in total. The lowest BCUT2D eigenvalue weighted by atomic mass is 10.2. The molecule has 0 aliphatic heterocycles. The molecule has 15 heavy (non-hydrogen) atoms. The van der Waals surface area contributed by atoms with E-state index >= 15 is 0 Å². The van der Waals surface area contributed by atoms with Gasteiger partial charge in [0.1, 0.15) is 11.9 Å². The zero-order valence-electron chi connectivity index (χ0n) is 8.60. The lowest BCUT2D eigenvalue weighted by Gasteiger charge is -2.18. The maximum atomic E-state index is 9.63. The van der Waals surface area contributed by atoms with Crippen molar-refractivity contribution in [2.24, 2.45) is 0 Å². The second kappa shape index (κ2) is 4.64. The Morgan fingerprint density at radius 3 is 2.73 bits per heavy atom. The van der Waals surface area contributed by atoms with Crippen LogP contribution in [-0.4, -0.2) is 22.4 Å². The normalized spacial score (nSPS) is 25.5. The van der Waals surface area contributed by atoms with Gasteiger partial charge in [-0.1, -0.05) is 18.2 Å². The summed E-state index contributed by atoms with van der Waals surface area (Å²) >= 11 is 0. The quantitative estimate of drug-likeness (QED) is 0.790. The first-order valence-corrected chi connectivity index (χ1v) is 5.34. The average Bonchev–Trinajstić information content (AvgIpc) is 2.65. The van der Waals surface area contributed by atoms with Gasteiger partial charge in [0.15, 0.2) is 0 Å². The van der Waals surface area contributed by atoms with Crippen molar-refractivity contribution in [2.75, 3.05) is 0 Å². The number of hydrogen-bond acceptors (Lipinski definition) is 3. The Morgan fingerprint density at radius 1 is 1.27 bits per heavy atom. The fourth-order valence-corrected chi connectivity index (χ4v) is 1.96. The molecule has 1 aromatic rings. The first-order chi connectivity index (χ1) is 7.31. The molecule has 1 saturated carbocycles. The van der Waals surface area contributed by atoms with Gasteiger partial charge in [0.25, 0.3) is 0 Å². The van der Waals surface area contributed by atoms with Crippen molar-refractivity contribution in [3.63, 3.8) is 0 Å². The van der Waals surface area contributed by atoms with Crippen LogP contribution in [-0.2, 0) is 6.61 Å². The molecule has 0 heterocycles. The molecule has 82 valence electrons. The van der Waals surface area contributed by atoms with Gasteiger partial charge >= 0.3 is 0 Å². The molecule has 0 unspecified atom stereocenters. The van der Waals surface area contributed by atoms with Crippen LogP contribution >= 0.6 is 0 Å². The molecule has 1 fully saturated rings. The van der Waals surface area contributed by atoms with E-state index in [1.54, 1.807) is 0 Å². The molecule has 0 spiro atoms. The Hall–Kier alpha value is -1.06. The third-order valence-electron chi connectivity index (χ3n) is 2.84. The van der Waals surface area contributed by atoms with Crippen molar-refractivity contribution in [2.45, 2.75) is 38.1 Å². The second-order valence-corrected chi connectivity index (χ2v) is 3.92. The van der Waals surface area contributed by atoms with Crippen molar-refractivity contribution in [1.29, 1.82) is 0 Å². The number of benzene rings is 1. The van der Waals surface area contributed by atoms with Gasteiger partial charge in [-0.05, 0) is 25.3 Å². The van der Waals surface area contributed by atoms with E-state index in [1.807, 2.05) is 24.3 Å². The molecular formula is C12H16O3. The molecule has 1 aromatic carbocycles. The van der Waals surface area contributed by atoms with Crippen molar-refractivity contribution in [3.8, 4) is 5.75 Å². The van der Waals surface area contributed by atoms with Gasteiger partial charge in [-0.3, -0.25) is 0 Å². The molecule has 2 atom stereocenters. The number of hydrogen-bond donors (Lipinski definition) is 2. The Bertz CT molecular complexity index is 324. The summed E-state index contributed by atoms with van der Waals surface area (Å²) in [5.74, 6) is 0.686. The molecule has 1 aliphatic carbocycles. The Morgan fingerprint density at radius 2 is 2.07 bits per heavy atom. The number of aliphatic hydroxyl groups excluding tert-OH is 2. The minimum Gasteiger partial charge on any atom is -0.487 e. The number of ether oxygens (including phenoxy) is 1. The number of aliphatic hydroxyl groups is 2. The van der Waals surface area contributed by atoms with Crippen LogP contribution in [0.3, 0.4) is 0 Å². The maximum Gasteiger partial charge on any atom is 0.125 e. The van der Waals surface area contributed by atoms with Crippen LogP contribution in [0.4, 0.5) is 0 Å². The zero-order valence-corrected chi connectivity index (χ0v) is 8.60. The van der Waals surface area contributed by atoms with Crippen molar-refractivity contribution in [1.82, 2.24) is 0 Å². The van der Waals surface area contributed by atoms with Gasteiger partial charge < -0.3 is 14.9 Å². The van der Waals surface area contributed by atoms with Gasteiger partial charge in [0.05, 0.1) is 12.7 Å². The summed E-state index contributed by atoms with van der Waals surface area (Å²) in [7, 11) is 0. The van der Waals surface area contributed by atoms with E-state index in [2.05, 4.69) is 0 Å². The zero-order chi connectivity index (χ0) is 10.7.